The highest BCUT2D eigenvalue weighted by molar-refractivity contribution is 9.10. The first kappa shape index (κ1) is 28.2. The van der Waals surface area contributed by atoms with Crippen LogP contribution in [0.25, 0.3) is 22.3 Å². The fourth-order valence-corrected chi connectivity index (χ4v) is 4.58. The van der Waals surface area contributed by atoms with Crippen LogP contribution in [0.2, 0.25) is 0 Å². The first-order chi connectivity index (χ1) is 18.5. The van der Waals surface area contributed by atoms with Crippen molar-refractivity contribution in [1.82, 2.24) is 15.3 Å². The molecule has 6 nitrogen and oxygen atoms in total. The van der Waals surface area contributed by atoms with E-state index in [9.17, 15) is 22.8 Å². The molecule has 0 spiro atoms. The lowest BCUT2D eigenvalue weighted by molar-refractivity contribution is -0.138. The van der Waals surface area contributed by atoms with Crippen molar-refractivity contribution in [2.24, 2.45) is 0 Å². The molecule has 0 aliphatic heterocycles. The number of aryl methyl sites for hydroxylation is 1. The van der Waals surface area contributed by atoms with Crippen molar-refractivity contribution in [3.05, 3.63) is 93.6 Å². The SMILES string of the molecule is C[C@H](NC(=O)c1ccc2nc(-c3ccc(C(F)(F)F)cc3)c(CCCCC(=O)O)nc2c1)c1cccc(Br)c1. The van der Waals surface area contributed by atoms with Crippen LogP contribution in [0.5, 0.6) is 0 Å². The number of aliphatic carboxylic acids is 1. The molecule has 0 saturated heterocycles. The zero-order chi connectivity index (χ0) is 28.2. The van der Waals surface area contributed by atoms with Crippen LogP contribution in [-0.4, -0.2) is 27.0 Å². The van der Waals surface area contributed by atoms with E-state index in [1.807, 2.05) is 31.2 Å². The minimum Gasteiger partial charge on any atom is -0.481 e. The van der Waals surface area contributed by atoms with Crippen LogP contribution >= 0.6 is 15.9 Å². The Bertz CT molecular complexity index is 1510. The summed E-state index contributed by atoms with van der Waals surface area (Å²) in [6, 6.07) is 17.0. The number of hydrogen-bond donors (Lipinski definition) is 2. The molecular weight excluding hydrogens is 575 g/mol. The lowest BCUT2D eigenvalue weighted by Gasteiger charge is -2.15. The summed E-state index contributed by atoms with van der Waals surface area (Å²) >= 11 is 3.43. The van der Waals surface area contributed by atoms with E-state index in [-0.39, 0.29) is 18.4 Å². The number of benzene rings is 3. The molecule has 4 rings (SSSR count). The monoisotopic (exact) mass is 599 g/mol. The van der Waals surface area contributed by atoms with Gasteiger partial charge in [0.05, 0.1) is 34.0 Å². The number of carbonyl (C=O) groups is 2. The number of amides is 1. The van der Waals surface area contributed by atoms with Crippen LogP contribution in [0, 0.1) is 0 Å². The third-order valence-corrected chi connectivity index (χ3v) is 6.73. The van der Waals surface area contributed by atoms with Gasteiger partial charge in [-0.15, -0.1) is 0 Å². The van der Waals surface area contributed by atoms with E-state index in [2.05, 4.69) is 26.2 Å². The number of aromatic nitrogens is 2. The largest absolute Gasteiger partial charge is 0.481 e. The Balaban J connectivity index is 1.65. The van der Waals surface area contributed by atoms with Crippen LogP contribution in [0.4, 0.5) is 13.2 Å². The van der Waals surface area contributed by atoms with Crippen LogP contribution in [0.1, 0.15) is 59.4 Å². The van der Waals surface area contributed by atoms with Crippen molar-refractivity contribution in [2.75, 3.05) is 0 Å². The van der Waals surface area contributed by atoms with E-state index >= 15 is 0 Å². The molecule has 0 unspecified atom stereocenters. The molecule has 0 bridgehead atoms. The van der Waals surface area contributed by atoms with E-state index < -0.39 is 17.7 Å². The molecule has 1 atom stereocenters. The van der Waals surface area contributed by atoms with Crippen molar-refractivity contribution in [1.29, 1.82) is 0 Å². The van der Waals surface area contributed by atoms with Crippen LogP contribution in [-0.2, 0) is 17.4 Å². The molecule has 1 aromatic heterocycles. The topological polar surface area (TPSA) is 92.2 Å². The molecule has 0 saturated carbocycles. The second-order valence-electron chi connectivity index (χ2n) is 9.15. The van der Waals surface area contributed by atoms with Gasteiger partial charge < -0.3 is 10.4 Å². The second-order valence-corrected chi connectivity index (χ2v) is 10.1. The van der Waals surface area contributed by atoms with Crippen LogP contribution in [0.15, 0.2) is 71.2 Å². The number of rotatable bonds is 9. The second kappa shape index (κ2) is 11.9. The van der Waals surface area contributed by atoms with Gasteiger partial charge in [-0.05, 0) is 74.2 Å². The van der Waals surface area contributed by atoms with E-state index in [1.165, 1.54) is 12.1 Å². The normalized spacial score (nSPS) is 12.3. The first-order valence-corrected chi connectivity index (χ1v) is 13.1. The number of nitrogens with one attached hydrogen (secondary N) is 1. The highest BCUT2D eigenvalue weighted by atomic mass is 79.9. The molecule has 0 aliphatic rings. The number of carbonyl (C=O) groups excluding carboxylic acids is 1. The molecule has 1 heterocycles. The van der Waals surface area contributed by atoms with Gasteiger partial charge in [0.25, 0.3) is 5.91 Å². The molecule has 2 N–H and O–H groups in total. The summed E-state index contributed by atoms with van der Waals surface area (Å²) in [7, 11) is 0. The van der Waals surface area contributed by atoms with E-state index in [4.69, 9.17) is 10.1 Å². The van der Waals surface area contributed by atoms with E-state index in [0.717, 1.165) is 22.2 Å². The molecule has 39 heavy (non-hydrogen) atoms. The lowest BCUT2D eigenvalue weighted by atomic mass is 10.0. The Labute approximate surface area is 231 Å². The van der Waals surface area contributed by atoms with Gasteiger partial charge in [-0.3, -0.25) is 9.59 Å². The molecule has 0 aliphatic carbocycles. The summed E-state index contributed by atoms with van der Waals surface area (Å²) in [4.78, 5) is 33.3. The van der Waals surface area contributed by atoms with E-state index in [1.54, 1.807) is 18.2 Å². The minimum atomic E-state index is -4.46. The minimum absolute atomic E-state index is 0.00286. The molecule has 1 amide bonds. The Hall–Kier alpha value is -3.79. The van der Waals surface area contributed by atoms with Crippen LogP contribution < -0.4 is 5.32 Å². The number of fused-ring (bicyclic) bond motifs is 1. The third-order valence-electron chi connectivity index (χ3n) is 6.23. The summed E-state index contributed by atoms with van der Waals surface area (Å²) in [5.41, 5.74) is 2.91. The van der Waals surface area contributed by atoms with E-state index in [0.29, 0.717) is 52.8 Å². The average molecular weight is 600 g/mol. The van der Waals surface area contributed by atoms with Crippen molar-refractivity contribution in [2.45, 2.75) is 44.8 Å². The highest BCUT2D eigenvalue weighted by Crippen LogP contribution is 2.32. The number of halogens is 4. The molecule has 0 fully saturated rings. The van der Waals surface area contributed by atoms with Gasteiger partial charge in [0.15, 0.2) is 0 Å². The average Bonchev–Trinajstić information content (AvgIpc) is 2.89. The van der Waals surface area contributed by atoms with Crippen molar-refractivity contribution >= 4 is 38.8 Å². The fraction of sp³-hybridized carbons (Fsp3) is 0.241. The van der Waals surface area contributed by atoms with Gasteiger partial charge in [-0.1, -0.05) is 40.2 Å². The van der Waals surface area contributed by atoms with Gasteiger partial charge >= 0.3 is 12.1 Å². The molecule has 0 radical (unpaired) electrons. The van der Waals surface area contributed by atoms with Gasteiger partial charge in [0.2, 0.25) is 0 Å². The Morgan fingerprint density at radius 3 is 2.38 bits per heavy atom. The Morgan fingerprint density at radius 2 is 1.72 bits per heavy atom. The number of carboxylic acids is 1. The molecule has 10 heteroatoms. The highest BCUT2D eigenvalue weighted by Gasteiger charge is 2.30. The zero-order valence-corrected chi connectivity index (χ0v) is 22.5. The first-order valence-electron chi connectivity index (χ1n) is 12.3. The van der Waals surface area contributed by atoms with Gasteiger partial charge in [-0.2, -0.15) is 13.2 Å². The van der Waals surface area contributed by atoms with Crippen molar-refractivity contribution in [3.8, 4) is 11.3 Å². The molecule has 4 aromatic rings. The summed E-state index contributed by atoms with van der Waals surface area (Å²) < 4.78 is 40.1. The quantitative estimate of drug-likeness (QED) is 0.196. The molecule has 202 valence electrons. The number of carboxylic acid groups (broad SMARTS) is 1. The van der Waals surface area contributed by atoms with Gasteiger partial charge in [0, 0.05) is 22.0 Å². The molecule has 3 aromatic carbocycles. The zero-order valence-electron chi connectivity index (χ0n) is 20.9. The maximum absolute atomic E-state index is 13.1. The Morgan fingerprint density at radius 1 is 0.974 bits per heavy atom. The summed E-state index contributed by atoms with van der Waals surface area (Å²) in [5.74, 6) is -1.20. The summed E-state index contributed by atoms with van der Waals surface area (Å²) in [6.07, 6.45) is -3.17. The Kier molecular flexibility index (Phi) is 8.64. The third kappa shape index (κ3) is 7.20. The van der Waals surface area contributed by atoms with Gasteiger partial charge in [0.1, 0.15) is 0 Å². The number of nitrogens with zero attached hydrogens (tertiary/aromatic N) is 2. The maximum Gasteiger partial charge on any atom is 0.416 e. The summed E-state index contributed by atoms with van der Waals surface area (Å²) in [5, 5.41) is 11.9. The standard InChI is InChI=1S/C29H25BrF3N3O3/c1-17(19-5-4-6-22(30)15-19)34-28(39)20-11-14-23-25(16-20)35-24(7-2-3-8-26(37)38)27(36-23)18-9-12-21(13-10-18)29(31,32)33/h4-6,9-17H,2-3,7-8H2,1H3,(H,34,39)(H,37,38)/t17-/m0/s1. The van der Waals surface area contributed by atoms with Crippen molar-refractivity contribution in [3.63, 3.8) is 0 Å². The number of hydrogen-bond acceptors (Lipinski definition) is 4. The van der Waals surface area contributed by atoms with Gasteiger partial charge in [-0.25, -0.2) is 9.97 Å². The summed E-state index contributed by atoms with van der Waals surface area (Å²) in [6.45, 7) is 1.88. The van der Waals surface area contributed by atoms with Crippen molar-refractivity contribution < 1.29 is 27.9 Å². The molecular formula is C29H25BrF3N3O3. The fourth-order valence-electron chi connectivity index (χ4n) is 4.16. The lowest BCUT2D eigenvalue weighted by Crippen LogP contribution is -2.26. The predicted octanol–water partition coefficient (Wildman–Crippen LogP) is 7.37. The maximum atomic E-state index is 13.1. The number of alkyl halides is 3. The predicted molar refractivity (Wildman–Crippen MR) is 145 cm³/mol. The number of unbranched alkanes of at least 4 members (excludes halogenated alkanes) is 1. The van der Waals surface area contributed by atoms with Crippen LogP contribution in [0.3, 0.4) is 0 Å². The smallest absolute Gasteiger partial charge is 0.416 e.